The van der Waals surface area contributed by atoms with Crippen molar-refractivity contribution in [3.05, 3.63) is 28.3 Å². The van der Waals surface area contributed by atoms with Gasteiger partial charge in [0.05, 0.1) is 25.2 Å². The van der Waals surface area contributed by atoms with Gasteiger partial charge in [0, 0.05) is 6.54 Å². The minimum atomic E-state index is -1.02. The van der Waals surface area contributed by atoms with Crippen LogP contribution in [-0.2, 0) is 9.53 Å². The van der Waals surface area contributed by atoms with E-state index in [9.17, 15) is 14.9 Å². The van der Waals surface area contributed by atoms with Gasteiger partial charge in [-0.25, -0.2) is 4.79 Å². The van der Waals surface area contributed by atoms with Crippen molar-refractivity contribution in [2.45, 2.75) is 6.10 Å². The maximum atomic E-state index is 11.3. The van der Waals surface area contributed by atoms with Crippen molar-refractivity contribution in [2.24, 2.45) is 5.73 Å². The van der Waals surface area contributed by atoms with Crippen molar-refractivity contribution in [3.8, 4) is 11.5 Å². The SMILES string of the molecule is COC(=O)C(CN)Oc1ccc(OC)c([N+](=O)[O-])c1. The third-order valence-corrected chi connectivity index (χ3v) is 2.30. The van der Waals surface area contributed by atoms with Crippen LogP contribution in [0.1, 0.15) is 0 Å². The molecular weight excluding hydrogens is 256 g/mol. The summed E-state index contributed by atoms with van der Waals surface area (Å²) in [6, 6.07) is 3.97. The molecule has 0 spiro atoms. The second-order valence-electron chi connectivity index (χ2n) is 3.46. The summed E-state index contributed by atoms with van der Waals surface area (Å²) in [5, 5.41) is 10.8. The quantitative estimate of drug-likeness (QED) is 0.454. The van der Waals surface area contributed by atoms with E-state index in [0.29, 0.717) is 0 Å². The lowest BCUT2D eigenvalue weighted by atomic mass is 10.2. The minimum absolute atomic E-state index is 0.0970. The Bertz CT molecular complexity index is 476. The van der Waals surface area contributed by atoms with Gasteiger partial charge in [-0.15, -0.1) is 0 Å². The fraction of sp³-hybridized carbons (Fsp3) is 0.364. The van der Waals surface area contributed by atoms with Gasteiger partial charge < -0.3 is 19.9 Å². The molecule has 0 saturated carbocycles. The molecule has 2 N–H and O–H groups in total. The lowest BCUT2D eigenvalue weighted by Gasteiger charge is -2.15. The minimum Gasteiger partial charge on any atom is -0.490 e. The Morgan fingerprint density at radius 1 is 1.47 bits per heavy atom. The van der Waals surface area contributed by atoms with Crippen LogP contribution in [0.5, 0.6) is 11.5 Å². The maximum absolute atomic E-state index is 11.3. The molecule has 1 rings (SSSR count). The Labute approximate surface area is 109 Å². The Kier molecular flexibility index (Phi) is 5.07. The highest BCUT2D eigenvalue weighted by molar-refractivity contribution is 5.75. The summed E-state index contributed by atoms with van der Waals surface area (Å²) in [6.45, 7) is -0.105. The number of hydrogen-bond acceptors (Lipinski definition) is 7. The van der Waals surface area contributed by atoms with Crippen molar-refractivity contribution >= 4 is 11.7 Å². The summed E-state index contributed by atoms with van der Waals surface area (Å²) in [4.78, 5) is 21.5. The lowest BCUT2D eigenvalue weighted by molar-refractivity contribution is -0.385. The molecule has 8 heteroatoms. The number of esters is 1. The largest absolute Gasteiger partial charge is 0.490 e. The fourth-order valence-electron chi connectivity index (χ4n) is 1.37. The highest BCUT2D eigenvalue weighted by atomic mass is 16.6. The fourth-order valence-corrected chi connectivity index (χ4v) is 1.37. The van der Waals surface area contributed by atoms with Crippen LogP contribution in [0.3, 0.4) is 0 Å². The van der Waals surface area contributed by atoms with Gasteiger partial charge in [-0.05, 0) is 12.1 Å². The summed E-state index contributed by atoms with van der Waals surface area (Å²) in [6.07, 6.45) is -1.02. The van der Waals surface area contributed by atoms with Crippen LogP contribution in [0.2, 0.25) is 0 Å². The van der Waals surface area contributed by atoms with Crippen LogP contribution in [0.15, 0.2) is 18.2 Å². The number of hydrogen-bond donors (Lipinski definition) is 1. The smallest absolute Gasteiger partial charge is 0.348 e. The number of nitrogens with zero attached hydrogens (tertiary/aromatic N) is 1. The Balaban J connectivity index is 2.99. The normalized spacial score (nSPS) is 11.5. The van der Waals surface area contributed by atoms with Crippen LogP contribution in [0.4, 0.5) is 5.69 Å². The van der Waals surface area contributed by atoms with Gasteiger partial charge >= 0.3 is 11.7 Å². The third kappa shape index (κ3) is 3.55. The number of benzene rings is 1. The number of methoxy groups -OCH3 is 2. The molecule has 0 aliphatic carbocycles. The number of carbonyl (C=O) groups excluding carboxylic acids is 1. The average molecular weight is 270 g/mol. The van der Waals surface area contributed by atoms with Crippen molar-refractivity contribution < 1.29 is 23.9 Å². The molecule has 1 aromatic carbocycles. The monoisotopic (exact) mass is 270 g/mol. The van der Waals surface area contributed by atoms with E-state index in [0.717, 1.165) is 6.07 Å². The predicted molar refractivity (Wildman–Crippen MR) is 65.1 cm³/mol. The zero-order chi connectivity index (χ0) is 14.4. The summed E-state index contributed by atoms with van der Waals surface area (Å²) in [5.41, 5.74) is 5.10. The average Bonchev–Trinajstić information content (AvgIpc) is 2.43. The molecule has 0 aromatic heterocycles. The topological polar surface area (TPSA) is 114 Å². The number of nitrogens with two attached hydrogens (primary N) is 1. The molecule has 1 unspecified atom stereocenters. The van der Waals surface area contributed by atoms with Gasteiger partial charge in [0.15, 0.2) is 5.75 Å². The van der Waals surface area contributed by atoms with E-state index in [1.165, 1.54) is 26.4 Å². The summed E-state index contributed by atoms with van der Waals surface area (Å²) < 4.78 is 14.6. The van der Waals surface area contributed by atoms with Gasteiger partial charge in [0.25, 0.3) is 0 Å². The van der Waals surface area contributed by atoms with Crippen LogP contribution >= 0.6 is 0 Å². The molecule has 0 aliphatic heterocycles. The van der Waals surface area contributed by atoms with Crippen LogP contribution < -0.4 is 15.2 Å². The van der Waals surface area contributed by atoms with Gasteiger partial charge in [-0.3, -0.25) is 10.1 Å². The number of rotatable bonds is 6. The summed E-state index contributed by atoms with van der Waals surface area (Å²) in [7, 11) is 2.52. The second kappa shape index (κ2) is 6.55. The van der Waals surface area contributed by atoms with Crippen LogP contribution in [-0.4, -0.2) is 37.8 Å². The van der Waals surface area contributed by atoms with Gasteiger partial charge in [-0.2, -0.15) is 0 Å². The van der Waals surface area contributed by atoms with E-state index >= 15 is 0 Å². The van der Waals surface area contributed by atoms with Crippen LogP contribution in [0.25, 0.3) is 0 Å². The second-order valence-corrected chi connectivity index (χ2v) is 3.46. The number of nitro groups is 1. The first-order chi connectivity index (χ1) is 9.03. The molecular formula is C11H14N2O6. The van der Waals surface area contributed by atoms with Crippen molar-refractivity contribution in [1.29, 1.82) is 0 Å². The van der Waals surface area contributed by atoms with Gasteiger partial charge in [0.2, 0.25) is 6.10 Å². The predicted octanol–water partition coefficient (Wildman–Crippen LogP) is 0.482. The van der Waals surface area contributed by atoms with Crippen LogP contribution in [0, 0.1) is 10.1 Å². The van der Waals surface area contributed by atoms with E-state index in [4.69, 9.17) is 15.2 Å². The Morgan fingerprint density at radius 3 is 2.63 bits per heavy atom. The Morgan fingerprint density at radius 2 is 2.16 bits per heavy atom. The summed E-state index contributed by atoms with van der Waals surface area (Å²) >= 11 is 0. The van der Waals surface area contributed by atoms with E-state index in [-0.39, 0.29) is 23.7 Å². The van der Waals surface area contributed by atoms with E-state index < -0.39 is 17.0 Å². The standard InChI is InChI=1S/C11H14N2O6/c1-17-9-4-3-7(5-8(9)13(15)16)19-10(6-12)11(14)18-2/h3-5,10H,6,12H2,1-2H3. The molecule has 19 heavy (non-hydrogen) atoms. The first-order valence-corrected chi connectivity index (χ1v) is 5.30. The molecule has 0 radical (unpaired) electrons. The van der Waals surface area contributed by atoms with E-state index in [2.05, 4.69) is 4.74 Å². The maximum Gasteiger partial charge on any atom is 0.348 e. The highest BCUT2D eigenvalue weighted by Gasteiger charge is 2.22. The molecule has 1 aromatic rings. The molecule has 1 atom stereocenters. The molecule has 0 amide bonds. The molecule has 0 heterocycles. The molecule has 0 bridgehead atoms. The molecule has 104 valence electrons. The molecule has 0 fully saturated rings. The molecule has 8 nitrogen and oxygen atoms in total. The lowest BCUT2D eigenvalue weighted by Crippen LogP contribution is -2.35. The van der Waals surface area contributed by atoms with Crippen molar-refractivity contribution in [1.82, 2.24) is 0 Å². The number of nitro benzene ring substituents is 1. The van der Waals surface area contributed by atoms with Crippen molar-refractivity contribution in [2.75, 3.05) is 20.8 Å². The zero-order valence-electron chi connectivity index (χ0n) is 10.5. The third-order valence-electron chi connectivity index (χ3n) is 2.30. The molecule has 0 aliphatic rings. The first-order valence-electron chi connectivity index (χ1n) is 5.30. The highest BCUT2D eigenvalue weighted by Crippen LogP contribution is 2.31. The van der Waals surface area contributed by atoms with E-state index in [1.54, 1.807) is 0 Å². The Hall–Kier alpha value is -2.35. The van der Waals surface area contributed by atoms with Crippen molar-refractivity contribution in [3.63, 3.8) is 0 Å². The number of ether oxygens (including phenoxy) is 3. The number of carbonyl (C=O) groups is 1. The zero-order valence-corrected chi connectivity index (χ0v) is 10.5. The summed E-state index contributed by atoms with van der Waals surface area (Å²) in [5.74, 6) is -0.422. The molecule has 0 saturated heterocycles. The van der Waals surface area contributed by atoms with Gasteiger partial charge in [0.1, 0.15) is 5.75 Å². The first kappa shape index (κ1) is 14.7. The van der Waals surface area contributed by atoms with Gasteiger partial charge in [-0.1, -0.05) is 0 Å². The van der Waals surface area contributed by atoms with E-state index in [1.807, 2.05) is 0 Å².